The fourth-order valence-electron chi connectivity index (χ4n) is 2.54. The molecule has 0 aliphatic heterocycles. The van der Waals surface area contributed by atoms with E-state index in [9.17, 15) is 4.79 Å². The van der Waals surface area contributed by atoms with E-state index in [1.165, 1.54) is 6.42 Å². The summed E-state index contributed by atoms with van der Waals surface area (Å²) in [4.78, 5) is 12.5. The number of anilines is 2. The van der Waals surface area contributed by atoms with E-state index in [4.69, 9.17) is 5.73 Å². The third kappa shape index (κ3) is 3.31. The summed E-state index contributed by atoms with van der Waals surface area (Å²) in [6.07, 6.45) is 5.42. The molecule has 2 rings (SSSR count). The van der Waals surface area contributed by atoms with Crippen molar-refractivity contribution in [3.8, 4) is 0 Å². The number of carbonyl (C=O) groups is 1. The molecule has 3 nitrogen and oxygen atoms in total. The van der Waals surface area contributed by atoms with Crippen LogP contribution in [-0.2, 0) is 4.79 Å². The fourth-order valence-corrected chi connectivity index (χ4v) is 3.96. The predicted octanol–water partition coefficient (Wildman–Crippen LogP) is 4.70. The number of carbonyl (C=O) groups excluding carboxylic acids is 1. The second-order valence-corrected chi connectivity index (χ2v) is 7.14. The summed E-state index contributed by atoms with van der Waals surface area (Å²) in [7, 11) is 0. The van der Waals surface area contributed by atoms with Gasteiger partial charge in [0.15, 0.2) is 0 Å². The number of halogens is 2. The van der Waals surface area contributed by atoms with Crippen LogP contribution in [0.4, 0.5) is 11.4 Å². The van der Waals surface area contributed by atoms with Gasteiger partial charge < -0.3 is 11.1 Å². The molecule has 1 aliphatic rings. The Bertz CT molecular complexity index is 473. The topological polar surface area (TPSA) is 55.1 Å². The molecule has 0 saturated heterocycles. The number of amides is 1. The summed E-state index contributed by atoms with van der Waals surface area (Å²) in [6.45, 7) is 2.06. The molecule has 0 heterocycles. The van der Waals surface area contributed by atoms with Gasteiger partial charge in [-0.3, -0.25) is 4.79 Å². The number of nitrogen functional groups attached to an aromatic ring is 1. The Balaban J connectivity index is 2.19. The molecule has 1 fully saturated rings. The molecule has 1 aliphatic carbocycles. The summed E-state index contributed by atoms with van der Waals surface area (Å²) in [5.74, 6) is 0.0957. The largest absolute Gasteiger partial charge is 0.399 e. The van der Waals surface area contributed by atoms with Crippen LogP contribution in [-0.4, -0.2) is 5.91 Å². The minimum Gasteiger partial charge on any atom is -0.399 e. The van der Waals surface area contributed by atoms with E-state index >= 15 is 0 Å². The van der Waals surface area contributed by atoms with E-state index in [2.05, 4.69) is 44.1 Å². The first-order valence-corrected chi connectivity index (χ1v) is 8.07. The number of nitrogens with one attached hydrogen (secondary N) is 1. The van der Waals surface area contributed by atoms with Crippen molar-refractivity contribution < 1.29 is 4.79 Å². The van der Waals surface area contributed by atoms with Gasteiger partial charge in [-0.25, -0.2) is 0 Å². The van der Waals surface area contributed by atoms with Crippen LogP contribution in [0.25, 0.3) is 0 Å². The van der Waals surface area contributed by atoms with Crippen molar-refractivity contribution in [3.05, 3.63) is 21.1 Å². The van der Waals surface area contributed by atoms with Crippen molar-refractivity contribution in [1.82, 2.24) is 0 Å². The average Bonchev–Trinajstić information content (AvgIpc) is 2.34. The lowest BCUT2D eigenvalue weighted by Crippen LogP contribution is -2.35. The summed E-state index contributed by atoms with van der Waals surface area (Å²) < 4.78 is 1.60. The highest BCUT2D eigenvalue weighted by Gasteiger charge is 2.34. The molecule has 0 aromatic heterocycles. The highest BCUT2D eigenvalue weighted by atomic mass is 79.9. The van der Waals surface area contributed by atoms with Crippen LogP contribution in [0.1, 0.15) is 39.0 Å². The standard InChI is InChI=1S/C14H18Br2N2O/c1-14(5-3-2-4-6-14)13(19)18-12-10(15)7-9(17)8-11(12)16/h7-8H,2-6,17H2,1H3,(H,18,19). The zero-order valence-corrected chi connectivity index (χ0v) is 14.1. The van der Waals surface area contributed by atoms with Gasteiger partial charge in [0.05, 0.1) is 5.69 Å². The van der Waals surface area contributed by atoms with Gasteiger partial charge in [0.1, 0.15) is 0 Å². The molecule has 3 N–H and O–H groups in total. The Morgan fingerprint density at radius 2 is 1.74 bits per heavy atom. The van der Waals surface area contributed by atoms with Crippen molar-refractivity contribution in [2.24, 2.45) is 5.41 Å². The molecule has 5 heteroatoms. The quantitative estimate of drug-likeness (QED) is 0.720. The first-order chi connectivity index (χ1) is 8.92. The van der Waals surface area contributed by atoms with Gasteiger partial charge in [-0.2, -0.15) is 0 Å². The molecule has 0 bridgehead atoms. The monoisotopic (exact) mass is 388 g/mol. The predicted molar refractivity (Wildman–Crippen MR) is 86.1 cm³/mol. The van der Waals surface area contributed by atoms with Crippen molar-refractivity contribution in [1.29, 1.82) is 0 Å². The normalized spacial score (nSPS) is 18.1. The van der Waals surface area contributed by atoms with E-state index in [0.717, 1.165) is 40.3 Å². The Hall–Kier alpha value is -0.550. The van der Waals surface area contributed by atoms with Gasteiger partial charge in [0, 0.05) is 20.0 Å². The van der Waals surface area contributed by atoms with E-state index in [0.29, 0.717) is 5.69 Å². The summed E-state index contributed by atoms with van der Waals surface area (Å²) >= 11 is 6.89. The van der Waals surface area contributed by atoms with Crippen LogP contribution in [0.3, 0.4) is 0 Å². The molecular formula is C14H18Br2N2O. The molecule has 1 aromatic carbocycles. The second kappa shape index (κ2) is 5.83. The Kier molecular flexibility index (Phi) is 4.56. The molecule has 1 amide bonds. The van der Waals surface area contributed by atoms with Crippen molar-refractivity contribution >= 4 is 49.1 Å². The summed E-state index contributed by atoms with van der Waals surface area (Å²) in [6, 6.07) is 3.59. The molecule has 0 atom stereocenters. The molecule has 1 saturated carbocycles. The zero-order valence-electron chi connectivity index (χ0n) is 10.9. The SMILES string of the molecule is CC1(C(=O)Nc2c(Br)cc(N)cc2Br)CCCCC1. The number of nitrogens with two attached hydrogens (primary N) is 1. The van der Waals surface area contributed by atoms with Gasteiger partial charge in [-0.1, -0.05) is 26.2 Å². The lowest BCUT2D eigenvalue weighted by Gasteiger charge is -2.32. The molecule has 1 aromatic rings. The average molecular weight is 390 g/mol. The van der Waals surface area contributed by atoms with Crippen LogP contribution in [0, 0.1) is 5.41 Å². The van der Waals surface area contributed by atoms with Gasteiger partial charge in [-0.15, -0.1) is 0 Å². The van der Waals surface area contributed by atoms with Gasteiger partial charge >= 0.3 is 0 Å². The van der Waals surface area contributed by atoms with Crippen LogP contribution < -0.4 is 11.1 Å². The fraction of sp³-hybridized carbons (Fsp3) is 0.500. The highest BCUT2D eigenvalue weighted by molar-refractivity contribution is 9.11. The van der Waals surface area contributed by atoms with Crippen LogP contribution in [0.2, 0.25) is 0 Å². The molecular weight excluding hydrogens is 372 g/mol. The summed E-state index contributed by atoms with van der Waals surface area (Å²) in [5, 5.41) is 3.03. The molecule has 19 heavy (non-hydrogen) atoms. The third-order valence-electron chi connectivity index (χ3n) is 3.81. The Labute approximate surface area is 130 Å². The molecule has 104 valence electrons. The first kappa shape index (κ1) is 14.9. The summed E-state index contributed by atoms with van der Waals surface area (Å²) in [5.41, 5.74) is 6.91. The molecule has 0 unspecified atom stereocenters. The number of hydrogen-bond donors (Lipinski definition) is 2. The first-order valence-electron chi connectivity index (χ1n) is 6.48. The van der Waals surface area contributed by atoms with Crippen LogP contribution >= 0.6 is 31.9 Å². The maximum Gasteiger partial charge on any atom is 0.230 e. The molecule has 0 spiro atoms. The minimum atomic E-state index is -0.251. The Morgan fingerprint density at radius 1 is 1.21 bits per heavy atom. The number of benzene rings is 1. The van der Waals surface area contributed by atoms with Gasteiger partial charge in [0.25, 0.3) is 0 Å². The molecule has 0 radical (unpaired) electrons. The zero-order chi connectivity index (χ0) is 14.0. The second-order valence-electron chi connectivity index (χ2n) is 5.43. The Morgan fingerprint density at radius 3 is 2.26 bits per heavy atom. The number of rotatable bonds is 2. The minimum absolute atomic E-state index is 0.0957. The third-order valence-corrected chi connectivity index (χ3v) is 5.06. The van der Waals surface area contributed by atoms with Gasteiger partial charge in [-0.05, 0) is 56.8 Å². The van der Waals surface area contributed by atoms with Crippen LogP contribution in [0.15, 0.2) is 21.1 Å². The van der Waals surface area contributed by atoms with Crippen molar-refractivity contribution in [2.75, 3.05) is 11.1 Å². The van der Waals surface area contributed by atoms with E-state index < -0.39 is 0 Å². The lowest BCUT2D eigenvalue weighted by molar-refractivity contribution is -0.126. The number of hydrogen-bond acceptors (Lipinski definition) is 2. The van der Waals surface area contributed by atoms with Crippen LogP contribution in [0.5, 0.6) is 0 Å². The van der Waals surface area contributed by atoms with Gasteiger partial charge in [0.2, 0.25) is 5.91 Å². The lowest BCUT2D eigenvalue weighted by atomic mass is 9.75. The van der Waals surface area contributed by atoms with E-state index in [-0.39, 0.29) is 11.3 Å². The van der Waals surface area contributed by atoms with Crippen molar-refractivity contribution in [3.63, 3.8) is 0 Å². The smallest absolute Gasteiger partial charge is 0.230 e. The maximum atomic E-state index is 12.5. The van der Waals surface area contributed by atoms with Crippen molar-refractivity contribution in [2.45, 2.75) is 39.0 Å². The highest BCUT2D eigenvalue weighted by Crippen LogP contribution is 2.39. The van der Waals surface area contributed by atoms with E-state index in [1.54, 1.807) is 12.1 Å². The maximum absolute atomic E-state index is 12.5. The van der Waals surface area contributed by atoms with E-state index in [1.807, 2.05) is 0 Å².